The highest BCUT2D eigenvalue weighted by Crippen LogP contribution is 2.31. The molecule has 1 N–H and O–H groups in total. The molecule has 3 heteroatoms. The Morgan fingerprint density at radius 2 is 1.95 bits per heavy atom. The Bertz CT molecular complexity index is 443. The molecule has 1 aliphatic heterocycles. The molecule has 1 aromatic rings. The highest BCUT2D eigenvalue weighted by molar-refractivity contribution is 5.43. The van der Waals surface area contributed by atoms with E-state index in [0.29, 0.717) is 13.2 Å². The van der Waals surface area contributed by atoms with Crippen LogP contribution in [0.3, 0.4) is 0 Å². The van der Waals surface area contributed by atoms with Crippen LogP contribution in [0.15, 0.2) is 18.2 Å². The molecule has 1 saturated carbocycles. The van der Waals surface area contributed by atoms with Crippen molar-refractivity contribution in [3.8, 4) is 11.5 Å². The van der Waals surface area contributed by atoms with Crippen molar-refractivity contribution >= 4 is 0 Å². The quantitative estimate of drug-likeness (QED) is 0.829. The third kappa shape index (κ3) is 3.89. The van der Waals surface area contributed by atoms with E-state index in [1.807, 2.05) is 6.07 Å². The lowest BCUT2D eigenvalue weighted by Gasteiger charge is -2.19. The highest BCUT2D eigenvalue weighted by Gasteiger charge is 2.20. The van der Waals surface area contributed by atoms with Gasteiger partial charge in [-0.25, -0.2) is 0 Å². The second kappa shape index (κ2) is 6.49. The highest BCUT2D eigenvalue weighted by atomic mass is 16.6. The summed E-state index contributed by atoms with van der Waals surface area (Å²) >= 11 is 0. The summed E-state index contributed by atoms with van der Waals surface area (Å²) in [6, 6.07) is 7.19. The molecular weight excluding hydrogens is 250 g/mol. The van der Waals surface area contributed by atoms with Gasteiger partial charge in [0.05, 0.1) is 0 Å². The first-order chi connectivity index (χ1) is 9.81. The van der Waals surface area contributed by atoms with E-state index >= 15 is 0 Å². The zero-order valence-electron chi connectivity index (χ0n) is 12.4. The van der Waals surface area contributed by atoms with Gasteiger partial charge in [-0.1, -0.05) is 13.0 Å². The van der Waals surface area contributed by atoms with Gasteiger partial charge >= 0.3 is 0 Å². The first-order valence-electron chi connectivity index (χ1n) is 7.93. The lowest BCUT2D eigenvalue weighted by molar-refractivity contribution is 0.171. The summed E-state index contributed by atoms with van der Waals surface area (Å²) < 4.78 is 11.2. The number of benzene rings is 1. The fraction of sp³-hybridized carbons (Fsp3) is 0.647. The van der Waals surface area contributed by atoms with Crippen molar-refractivity contribution in [2.75, 3.05) is 19.8 Å². The van der Waals surface area contributed by atoms with E-state index in [0.717, 1.165) is 29.9 Å². The molecule has 0 aromatic heterocycles. The Balaban J connectivity index is 1.42. The summed E-state index contributed by atoms with van der Waals surface area (Å²) in [5, 5.41) is 3.59. The Hall–Kier alpha value is -1.22. The number of rotatable bonds is 7. The van der Waals surface area contributed by atoms with E-state index < -0.39 is 0 Å². The standard InChI is InChI=1S/C17H25NO2/c1-13(8-9-18-15-5-6-15)2-3-14-4-7-16-17(12-14)20-11-10-19-16/h4,7,12-13,15,18H,2-3,5-6,8-11H2,1H3. The van der Waals surface area contributed by atoms with Gasteiger partial charge in [-0.3, -0.25) is 0 Å². The molecule has 1 aromatic carbocycles. The van der Waals surface area contributed by atoms with E-state index in [2.05, 4.69) is 24.4 Å². The molecule has 0 spiro atoms. The summed E-state index contributed by atoms with van der Waals surface area (Å²) in [5.74, 6) is 2.58. The largest absolute Gasteiger partial charge is 0.486 e. The van der Waals surface area contributed by atoms with E-state index in [9.17, 15) is 0 Å². The monoisotopic (exact) mass is 275 g/mol. The van der Waals surface area contributed by atoms with Gasteiger partial charge in [0.15, 0.2) is 11.5 Å². The van der Waals surface area contributed by atoms with Crippen molar-refractivity contribution in [1.82, 2.24) is 5.32 Å². The number of hydrogen-bond donors (Lipinski definition) is 1. The van der Waals surface area contributed by atoms with Gasteiger partial charge in [-0.15, -0.1) is 0 Å². The normalized spacial score (nSPS) is 18.9. The topological polar surface area (TPSA) is 30.5 Å². The van der Waals surface area contributed by atoms with E-state index in [1.165, 1.54) is 37.8 Å². The molecule has 1 aliphatic carbocycles. The average molecular weight is 275 g/mol. The Morgan fingerprint density at radius 1 is 1.15 bits per heavy atom. The van der Waals surface area contributed by atoms with E-state index in [1.54, 1.807) is 0 Å². The van der Waals surface area contributed by atoms with Gasteiger partial charge in [0, 0.05) is 6.04 Å². The van der Waals surface area contributed by atoms with Gasteiger partial charge in [0.1, 0.15) is 13.2 Å². The minimum atomic E-state index is 0.664. The van der Waals surface area contributed by atoms with Crippen molar-refractivity contribution < 1.29 is 9.47 Å². The maximum atomic E-state index is 5.63. The van der Waals surface area contributed by atoms with Crippen molar-refractivity contribution in [3.63, 3.8) is 0 Å². The van der Waals surface area contributed by atoms with Gasteiger partial charge in [0.25, 0.3) is 0 Å². The molecule has 2 aliphatic rings. The van der Waals surface area contributed by atoms with Crippen molar-refractivity contribution in [2.45, 2.75) is 45.1 Å². The molecule has 0 radical (unpaired) electrons. The Kier molecular flexibility index (Phi) is 4.46. The Morgan fingerprint density at radius 3 is 2.75 bits per heavy atom. The molecule has 0 amide bonds. The molecule has 3 rings (SSSR count). The molecule has 3 nitrogen and oxygen atoms in total. The van der Waals surface area contributed by atoms with Crippen molar-refractivity contribution in [3.05, 3.63) is 23.8 Å². The van der Waals surface area contributed by atoms with Gasteiger partial charge in [0.2, 0.25) is 0 Å². The second-order valence-corrected chi connectivity index (χ2v) is 6.14. The van der Waals surface area contributed by atoms with Crippen LogP contribution in [-0.2, 0) is 6.42 Å². The molecule has 1 fully saturated rings. The first kappa shape index (κ1) is 13.7. The molecule has 20 heavy (non-hydrogen) atoms. The minimum Gasteiger partial charge on any atom is -0.486 e. The molecule has 1 atom stereocenters. The number of aryl methyl sites for hydroxylation is 1. The summed E-state index contributed by atoms with van der Waals surface area (Å²) in [6.45, 7) is 4.86. The van der Waals surface area contributed by atoms with Crippen LogP contribution >= 0.6 is 0 Å². The summed E-state index contributed by atoms with van der Waals surface area (Å²) in [6.07, 6.45) is 6.41. The third-order valence-electron chi connectivity index (χ3n) is 4.18. The number of fused-ring (bicyclic) bond motifs is 1. The van der Waals surface area contributed by atoms with Gasteiger partial charge in [-0.2, -0.15) is 0 Å². The van der Waals surface area contributed by atoms with Crippen LogP contribution in [0.2, 0.25) is 0 Å². The summed E-state index contributed by atoms with van der Waals surface area (Å²) in [7, 11) is 0. The maximum absolute atomic E-state index is 5.63. The fourth-order valence-corrected chi connectivity index (χ4v) is 2.62. The third-order valence-corrected chi connectivity index (χ3v) is 4.18. The SMILES string of the molecule is CC(CCNC1CC1)CCc1ccc2c(c1)OCCO2. The average Bonchev–Trinajstić information content (AvgIpc) is 3.29. The van der Waals surface area contributed by atoms with Gasteiger partial charge < -0.3 is 14.8 Å². The molecule has 110 valence electrons. The summed E-state index contributed by atoms with van der Waals surface area (Å²) in [4.78, 5) is 0. The number of hydrogen-bond acceptors (Lipinski definition) is 3. The maximum Gasteiger partial charge on any atom is 0.161 e. The van der Waals surface area contributed by atoms with Crippen LogP contribution in [0.1, 0.15) is 38.2 Å². The fourth-order valence-electron chi connectivity index (χ4n) is 2.62. The van der Waals surface area contributed by atoms with Gasteiger partial charge in [-0.05, 0) is 62.3 Å². The first-order valence-corrected chi connectivity index (χ1v) is 7.93. The predicted octanol–water partition coefficient (Wildman–Crippen LogP) is 3.17. The van der Waals surface area contributed by atoms with E-state index in [4.69, 9.17) is 9.47 Å². The molecule has 0 bridgehead atoms. The van der Waals surface area contributed by atoms with Crippen molar-refractivity contribution in [2.24, 2.45) is 5.92 Å². The van der Waals surface area contributed by atoms with Crippen LogP contribution in [0.4, 0.5) is 0 Å². The molecule has 0 saturated heterocycles. The minimum absolute atomic E-state index is 0.664. The van der Waals surface area contributed by atoms with E-state index in [-0.39, 0.29) is 0 Å². The predicted molar refractivity (Wildman–Crippen MR) is 80.6 cm³/mol. The molecule has 1 unspecified atom stereocenters. The smallest absolute Gasteiger partial charge is 0.161 e. The molecular formula is C17H25NO2. The zero-order chi connectivity index (χ0) is 13.8. The number of nitrogens with one attached hydrogen (secondary N) is 1. The van der Waals surface area contributed by atoms with Crippen LogP contribution in [0, 0.1) is 5.92 Å². The molecule has 1 heterocycles. The van der Waals surface area contributed by atoms with Crippen LogP contribution in [-0.4, -0.2) is 25.8 Å². The second-order valence-electron chi connectivity index (χ2n) is 6.14. The zero-order valence-corrected chi connectivity index (χ0v) is 12.4. The lowest BCUT2D eigenvalue weighted by atomic mass is 9.98. The van der Waals surface area contributed by atoms with Crippen LogP contribution in [0.25, 0.3) is 0 Å². The van der Waals surface area contributed by atoms with Crippen LogP contribution < -0.4 is 14.8 Å². The summed E-state index contributed by atoms with van der Waals surface area (Å²) in [5.41, 5.74) is 1.36. The van der Waals surface area contributed by atoms with Crippen LogP contribution in [0.5, 0.6) is 11.5 Å². The van der Waals surface area contributed by atoms with Crippen molar-refractivity contribution in [1.29, 1.82) is 0 Å². The lowest BCUT2D eigenvalue weighted by Crippen LogP contribution is -2.19. The number of ether oxygens (including phenoxy) is 2. The Labute approximate surface area is 121 Å².